The Morgan fingerprint density at radius 2 is 2.00 bits per heavy atom. The van der Waals surface area contributed by atoms with Crippen molar-refractivity contribution in [2.75, 3.05) is 50.9 Å². The van der Waals surface area contributed by atoms with Gasteiger partial charge in [-0.2, -0.15) is 15.0 Å². The highest BCUT2D eigenvalue weighted by molar-refractivity contribution is 5.93. The summed E-state index contributed by atoms with van der Waals surface area (Å²) in [5, 5.41) is 0. The van der Waals surface area contributed by atoms with E-state index in [4.69, 9.17) is 10.2 Å². The van der Waals surface area contributed by atoms with Crippen LogP contribution >= 0.6 is 0 Å². The number of amides is 1. The van der Waals surface area contributed by atoms with E-state index in [0.29, 0.717) is 37.0 Å². The Labute approximate surface area is 140 Å². The molecule has 2 aromatic rings. The van der Waals surface area contributed by atoms with Gasteiger partial charge in [-0.05, 0) is 6.07 Å². The first-order valence-electron chi connectivity index (χ1n) is 7.74. The van der Waals surface area contributed by atoms with Crippen LogP contribution in [0.4, 0.5) is 11.9 Å². The van der Waals surface area contributed by atoms with E-state index in [-0.39, 0.29) is 11.9 Å². The van der Waals surface area contributed by atoms with Gasteiger partial charge in [-0.25, -0.2) is 0 Å². The first-order chi connectivity index (χ1) is 11.5. The summed E-state index contributed by atoms with van der Waals surface area (Å²) in [6, 6.07) is 1.69. The number of aromatic nitrogens is 3. The first-order valence-corrected chi connectivity index (χ1v) is 7.74. The molecule has 3 heterocycles. The van der Waals surface area contributed by atoms with Crippen molar-refractivity contribution in [3.63, 3.8) is 0 Å². The number of anilines is 2. The molecule has 1 saturated heterocycles. The van der Waals surface area contributed by atoms with Crippen LogP contribution in [-0.4, -0.2) is 70.9 Å². The van der Waals surface area contributed by atoms with Crippen molar-refractivity contribution < 1.29 is 9.21 Å². The Morgan fingerprint density at radius 1 is 1.25 bits per heavy atom. The predicted molar refractivity (Wildman–Crippen MR) is 88.5 cm³/mol. The molecule has 1 aliphatic rings. The molecule has 0 saturated carbocycles. The third-order valence-corrected chi connectivity index (χ3v) is 3.88. The third kappa shape index (κ3) is 3.62. The van der Waals surface area contributed by atoms with Gasteiger partial charge in [0.1, 0.15) is 12.1 Å². The molecular weight excluding hydrogens is 310 g/mol. The molecule has 0 bridgehead atoms. The number of furan rings is 1. The first kappa shape index (κ1) is 16.2. The topological polar surface area (TPSA) is 105 Å². The quantitative estimate of drug-likeness (QED) is 0.839. The summed E-state index contributed by atoms with van der Waals surface area (Å²) in [5.74, 6) is 1.41. The van der Waals surface area contributed by atoms with E-state index in [2.05, 4.69) is 19.9 Å². The van der Waals surface area contributed by atoms with Gasteiger partial charge in [-0.1, -0.05) is 0 Å². The number of rotatable bonds is 4. The molecular formula is C15H21N7O2. The third-order valence-electron chi connectivity index (χ3n) is 3.88. The van der Waals surface area contributed by atoms with E-state index < -0.39 is 0 Å². The van der Waals surface area contributed by atoms with Gasteiger partial charge in [0, 0.05) is 40.3 Å². The average molecular weight is 331 g/mol. The molecule has 0 aromatic carbocycles. The highest BCUT2D eigenvalue weighted by atomic mass is 16.3. The molecule has 3 rings (SSSR count). The second-order valence-electron chi connectivity index (χ2n) is 5.88. The van der Waals surface area contributed by atoms with Crippen molar-refractivity contribution in [1.29, 1.82) is 0 Å². The van der Waals surface area contributed by atoms with E-state index in [1.807, 2.05) is 19.0 Å². The maximum atomic E-state index is 12.3. The molecule has 1 amide bonds. The minimum Gasteiger partial charge on any atom is -0.472 e. The van der Waals surface area contributed by atoms with Crippen molar-refractivity contribution in [2.24, 2.45) is 0 Å². The van der Waals surface area contributed by atoms with E-state index >= 15 is 0 Å². The van der Waals surface area contributed by atoms with Crippen LogP contribution in [0.15, 0.2) is 23.0 Å². The van der Waals surface area contributed by atoms with E-state index in [1.165, 1.54) is 12.5 Å². The van der Waals surface area contributed by atoms with Gasteiger partial charge in [-0.15, -0.1) is 0 Å². The lowest BCUT2D eigenvalue weighted by atomic mass is 10.2. The average Bonchev–Trinajstić information content (AvgIpc) is 3.09. The fourth-order valence-electron chi connectivity index (χ4n) is 2.57. The zero-order valence-corrected chi connectivity index (χ0v) is 13.8. The maximum absolute atomic E-state index is 12.3. The number of hydrogen-bond acceptors (Lipinski definition) is 8. The summed E-state index contributed by atoms with van der Waals surface area (Å²) in [6.45, 7) is 3.41. The zero-order chi connectivity index (χ0) is 17.1. The number of nitrogens with zero attached hydrogens (tertiary/aromatic N) is 6. The normalized spacial score (nSPS) is 15.5. The van der Waals surface area contributed by atoms with Gasteiger partial charge in [-0.3, -0.25) is 9.69 Å². The Kier molecular flexibility index (Phi) is 4.61. The minimum atomic E-state index is 0.00250. The second-order valence-corrected chi connectivity index (χ2v) is 5.88. The second kappa shape index (κ2) is 6.83. The molecule has 9 nitrogen and oxygen atoms in total. The number of carbonyl (C=O) groups excluding carboxylic acids is 1. The summed E-state index contributed by atoms with van der Waals surface area (Å²) < 4.78 is 4.97. The van der Waals surface area contributed by atoms with E-state index in [1.54, 1.807) is 11.0 Å². The number of piperazine rings is 1. The largest absolute Gasteiger partial charge is 0.472 e. The summed E-state index contributed by atoms with van der Waals surface area (Å²) in [6.07, 6.45) is 2.99. The lowest BCUT2D eigenvalue weighted by Gasteiger charge is -2.34. The Bertz CT molecular complexity index is 694. The fraction of sp³-hybridized carbons (Fsp3) is 0.467. The zero-order valence-electron chi connectivity index (χ0n) is 13.8. The van der Waals surface area contributed by atoms with Crippen LogP contribution in [0, 0.1) is 0 Å². The van der Waals surface area contributed by atoms with Crippen LogP contribution in [-0.2, 0) is 6.54 Å². The maximum Gasteiger partial charge on any atom is 0.257 e. The van der Waals surface area contributed by atoms with Gasteiger partial charge >= 0.3 is 0 Å². The smallest absolute Gasteiger partial charge is 0.257 e. The predicted octanol–water partition coefficient (Wildman–Crippen LogP) is 0.0708. The van der Waals surface area contributed by atoms with Crippen LogP contribution in [0.25, 0.3) is 0 Å². The molecule has 2 aromatic heterocycles. The molecule has 128 valence electrons. The Morgan fingerprint density at radius 3 is 2.62 bits per heavy atom. The van der Waals surface area contributed by atoms with E-state index in [9.17, 15) is 4.79 Å². The van der Waals surface area contributed by atoms with Crippen LogP contribution in [0.2, 0.25) is 0 Å². The summed E-state index contributed by atoms with van der Waals surface area (Å²) in [5.41, 5.74) is 6.34. The standard InChI is InChI=1S/C15H21N7O2/c1-20(2)15-18-12(17-14(16)19-15)9-21-4-6-22(7-5-21)13(23)11-3-8-24-10-11/h3,8,10H,4-7,9H2,1-2H3,(H2,16,17,18,19). The molecule has 9 heteroatoms. The van der Waals surface area contributed by atoms with Gasteiger partial charge < -0.3 is 20.0 Å². The van der Waals surface area contributed by atoms with Crippen LogP contribution in [0.3, 0.4) is 0 Å². The van der Waals surface area contributed by atoms with E-state index in [0.717, 1.165) is 13.1 Å². The monoisotopic (exact) mass is 331 g/mol. The van der Waals surface area contributed by atoms with Gasteiger partial charge in [0.05, 0.1) is 18.4 Å². The SMILES string of the molecule is CN(C)c1nc(N)nc(CN2CCN(C(=O)c3ccoc3)CC2)n1. The summed E-state index contributed by atoms with van der Waals surface area (Å²) >= 11 is 0. The summed E-state index contributed by atoms with van der Waals surface area (Å²) in [7, 11) is 3.72. The minimum absolute atomic E-state index is 0.00250. The van der Waals surface area contributed by atoms with Crippen molar-refractivity contribution >= 4 is 17.8 Å². The molecule has 2 N–H and O–H groups in total. The molecule has 0 atom stereocenters. The lowest BCUT2D eigenvalue weighted by molar-refractivity contribution is 0.0625. The highest BCUT2D eigenvalue weighted by Crippen LogP contribution is 2.12. The van der Waals surface area contributed by atoms with Crippen LogP contribution < -0.4 is 10.6 Å². The van der Waals surface area contributed by atoms with Gasteiger partial charge in [0.25, 0.3) is 5.91 Å². The van der Waals surface area contributed by atoms with Crippen LogP contribution in [0.1, 0.15) is 16.2 Å². The number of nitrogens with two attached hydrogens (primary N) is 1. The summed E-state index contributed by atoms with van der Waals surface area (Å²) in [4.78, 5) is 30.8. The molecule has 1 aliphatic heterocycles. The molecule has 0 aliphatic carbocycles. The fourth-order valence-corrected chi connectivity index (χ4v) is 2.57. The Balaban J connectivity index is 1.59. The van der Waals surface area contributed by atoms with Crippen molar-refractivity contribution in [2.45, 2.75) is 6.54 Å². The molecule has 0 radical (unpaired) electrons. The van der Waals surface area contributed by atoms with Crippen molar-refractivity contribution in [1.82, 2.24) is 24.8 Å². The van der Waals surface area contributed by atoms with Gasteiger partial charge in [0.2, 0.25) is 11.9 Å². The molecule has 0 unspecified atom stereocenters. The molecule has 0 spiro atoms. The molecule has 1 fully saturated rings. The van der Waals surface area contributed by atoms with Crippen molar-refractivity contribution in [3.05, 3.63) is 30.0 Å². The Hall–Kier alpha value is -2.68. The molecule has 24 heavy (non-hydrogen) atoms. The van der Waals surface area contributed by atoms with Crippen molar-refractivity contribution in [3.8, 4) is 0 Å². The van der Waals surface area contributed by atoms with Crippen LogP contribution in [0.5, 0.6) is 0 Å². The lowest BCUT2D eigenvalue weighted by Crippen LogP contribution is -2.48. The number of carbonyl (C=O) groups is 1. The number of nitrogen functional groups attached to an aromatic ring is 1. The number of hydrogen-bond donors (Lipinski definition) is 1. The van der Waals surface area contributed by atoms with Gasteiger partial charge in [0.15, 0.2) is 0 Å². The highest BCUT2D eigenvalue weighted by Gasteiger charge is 2.23.